The first-order valence-corrected chi connectivity index (χ1v) is 11.0. The number of hydrogen-bond donors (Lipinski definition) is 1. The molecule has 0 radical (unpaired) electrons. The summed E-state index contributed by atoms with van der Waals surface area (Å²) in [6, 6.07) is 4.43. The molecule has 1 aromatic heterocycles. The Bertz CT molecular complexity index is 1020. The first-order chi connectivity index (χ1) is 14.9. The minimum absolute atomic E-state index is 0.0565. The average molecular weight is 425 g/mol. The summed E-state index contributed by atoms with van der Waals surface area (Å²) in [5, 5.41) is 14.3. The molecule has 0 saturated heterocycles. The van der Waals surface area contributed by atoms with E-state index < -0.39 is 6.09 Å². The molecule has 2 heterocycles. The zero-order valence-corrected chi connectivity index (χ0v) is 18.0. The van der Waals surface area contributed by atoms with Gasteiger partial charge in [-0.15, -0.1) is 0 Å². The van der Waals surface area contributed by atoms with Gasteiger partial charge in [0.1, 0.15) is 5.75 Å². The summed E-state index contributed by atoms with van der Waals surface area (Å²) in [4.78, 5) is 27.7. The number of likely N-dealkylation sites (N-methyl/N-ethyl adjacent to an activating group) is 1. The van der Waals surface area contributed by atoms with Crippen molar-refractivity contribution >= 4 is 17.7 Å². The van der Waals surface area contributed by atoms with Gasteiger partial charge in [0.25, 0.3) is 5.91 Å². The van der Waals surface area contributed by atoms with Crippen molar-refractivity contribution in [2.75, 3.05) is 18.6 Å². The average Bonchev–Trinajstić information content (AvgIpc) is 3.69. The zero-order valence-electron chi connectivity index (χ0n) is 18.0. The Morgan fingerprint density at radius 3 is 2.68 bits per heavy atom. The van der Waals surface area contributed by atoms with Crippen LogP contribution in [-0.2, 0) is 11.2 Å². The van der Waals surface area contributed by atoms with Gasteiger partial charge in [-0.05, 0) is 57.6 Å². The maximum absolute atomic E-state index is 12.6. The van der Waals surface area contributed by atoms with E-state index in [4.69, 9.17) is 4.74 Å². The summed E-state index contributed by atoms with van der Waals surface area (Å²) in [6.07, 6.45) is 8.64. The third kappa shape index (κ3) is 3.75. The quantitative estimate of drug-likeness (QED) is 0.764. The Morgan fingerprint density at radius 1 is 1.23 bits per heavy atom. The third-order valence-corrected chi connectivity index (χ3v) is 6.62. The van der Waals surface area contributed by atoms with Gasteiger partial charge >= 0.3 is 6.09 Å². The summed E-state index contributed by atoms with van der Waals surface area (Å²) in [7, 11) is 1.82. The maximum atomic E-state index is 12.6. The second-order valence-corrected chi connectivity index (χ2v) is 8.94. The van der Waals surface area contributed by atoms with E-state index in [1.165, 1.54) is 4.90 Å². The minimum atomic E-state index is -0.974. The van der Waals surface area contributed by atoms with Crippen molar-refractivity contribution in [1.82, 2.24) is 14.7 Å². The monoisotopic (exact) mass is 424 g/mol. The first kappa shape index (κ1) is 19.9. The minimum Gasteiger partial charge on any atom is -0.483 e. The molecular weight excluding hydrogens is 396 g/mol. The molecule has 8 heteroatoms. The number of nitrogens with zero attached hydrogens (tertiary/aromatic N) is 4. The fraction of sp³-hybridized carbons (Fsp3) is 0.522. The van der Waals surface area contributed by atoms with Gasteiger partial charge in [0.05, 0.1) is 17.9 Å². The number of ether oxygens (including phenoxy) is 1. The molecule has 3 aliphatic rings. The largest absolute Gasteiger partial charge is 0.483 e. The highest BCUT2D eigenvalue weighted by molar-refractivity contribution is 5.91. The second-order valence-electron chi connectivity index (χ2n) is 8.94. The molecule has 2 fully saturated rings. The van der Waals surface area contributed by atoms with Gasteiger partial charge in [-0.1, -0.05) is 0 Å². The van der Waals surface area contributed by atoms with Crippen molar-refractivity contribution in [3.63, 3.8) is 0 Å². The van der Waals surface area contributed by atoms with Crippen LogP contribution in [0.25, 0.3) is 11.1 Å². The van der Waals surface area contributed by atoms with E-state index in [1.807, 2.05) is 43.2 Å². The lowest BCUT2D eigenvalue weighted by Gasteiger charge is -2.34. The molecule has 1 atom stereocenters. The molecule has 2 amide bonds. The third-order valence-electron chi connectivity index (χ3n) is 6.62. The lowest BCUT2D eigenvalue weighted by Crippen LogP contribution is -2.41. The highest BCUT2D eigenvalue weighted by Gasteiger charge is 2.33. The molecule has 8 nitrogen and oxygen atoms in total. The van der Waals surface area contributed by atoms with Gasteiger partial charge in [0, 0.05) is 42.0 Å². The number of benzene rings is 1. The molecule has 2 aromatic rings. The molecule has 1 aromatic carbocycles. The molecular formula is C23H28N4O4. The molecule has 164 valence electrons. The van der Waals surface area contributed by atoms with Crippen LogP contribution in [0.4, 0.5) is 10.5 Å². The Labute approximate surface area is 181 Å². The van der Waals surface area contributed by atoms with E-state index in [9.17, 15) is 14.7 Å². The Kier molecular flexibility index (Phi) is 4.87. The molecule has 2 aliphatic carbocycles. The van der Waals surface area contributed by atoms with E-state index >= 15 is 0 Å². The summed E-state index contributed by atoms with van der Waals surface area (Å²) >= 11 is 0. The summed E-state index contributed by atoms with van der Waals surface area (Å²) in [5.74, 6) is 0.544. The number of rotatable bonds is 6. The van der Waals surface area contributed by atoms with Crippen molar-refractivity contribution in [2.45, 2.75) is 63.6 Å². The Balaban J connectivity index is 1.52. The smallest absolute Gasteiger partial charge is 0.412 e. The van der Waals surface area contributed by atoms with Crippen LogP contribution in [-0.4, -0.2) is 57.5 Å². The number of carbonyl (C=O) groups excluding carboxylic acids is 1. The van der Waals surface area contributed by atoms with Crippen molar-refractivity contribution < 1.29 is 19.4 Å². The fourth-order valence-corrected chi connectivity index (χ4v) is 4.41. The van der Waals surface area contributed by atoms with Crippen LogP contribution < -0.4 is 9.64 Å². The van der Waals surface area contributed by atoms with E-state index in [-0.39, 0.29) is 18.6 Å². The van der Waals surface area contributed by atoms with Crippen LogP contribution in [0.15, 0.2) is 24.5 Å². The summed E-state index contributed by atoms with van der Waals surface area (Å²) in [5.41, 5.74) is 3.27. The lowest BCUT2D eigenvalue weighted by atomic mass is 9.92. The number of fused-ring (bicyclic) bond motifs is 1. The van der Waals surface area contributed by atoms with Gasteiger partial charge in [-0.3, -0.25) is 14.4 Å². The molecule has 1 N–H and O–H groups in total. The molecule has 0 bridgehead atoms. The Hall–Kier alpha value is -3.03. The molecule has 2 saturated carbocycles. The van der Waals surface area contributed by atoms with E-state index in [2.05, 4.69) is 5.10 Å². The van der Waals surface area contributed by atoms with E-state index in [1.54, 1.807) is 4.90 Å². The number of aromatic nitrogens is 2. The van der Waals surface area contributed by atoms with Gasteiger partial charge in [-0.2, -0.15) is 5.10 Å². The topological polar surface area (TPSA) is 87.9 Å². The van der Waals surface area contributed by atoms with Gasteiger partial charge in [0.15, 0.2) is 6.61 Å². The van der Waals surface area contributed by atoms with Crippen LogP contribution in [0.1, 0.15) is 50.6 Å². The normalized spacial score (nSPS) is 20.3. The van der Waals surface area contributed by atoms with E-state index in [0.717, 1.165) is 42.4 Å². The predicted molar refractivity (Wildman–Crippen MR) is 116 cm³/mol. The zero-order chi connectivity index (χ0) is 21.7. The van der Waals surface area contributed by atoms with Crippen molar-refractivity contribution in [2.24, 2.45) is 0 Å². The van der Waals surface area contributed by atoms with Crippen LogP contribution in [0.3, 0.4) is 0 Å². The number of carboxylic acid groups (broad SMARTS) is 1. The Morgan fingerprint density at radius 2 is 2.00 bits per heavy atom. The van der Waals surface area contributed by atoms with Crippen molar-refractivity contribution in [3.8, 4) is 16.9 Å². The van der Waals surface area contributed by atoms with E-state index in [0.29, 0.717) is 36.4 Å². The predicted octanol–water partition coefficient (Wildman–Crippen LogP) is 3.70. The van der Waals surface area contributed by atoms with Gasteiger partial charge in [-0.25, -0.2) is 4.79 Å². The number of hydrogen-bond acceptors (Lipinski definition) is 4. The molecule has 0 unspecified atom stereocenters. The lowest BCUT2D eigenvalue weighted by molar-refractivity contribution is -0.132. The highest BCUT2D eigenvalue weighted by Crippen LogP contribution is 2.44. The molecule has 1 aliphatic heterocycles. The van der Waals surface area contributed by atoms with Crippen molar-refractivity contribution in [3.05, 3.63) is 30.1 Å². The standard InChI is InChI=1S/C23H28N4O4/c1-14-3-8-19-20(27(14)23(29)30)10-9-18(15-11-24-26(12-15)17-6-7-17)22(19)31-13-21(28)25(2)16-4-5-16/h9-12,14,16-17H,3-8,13H2,1-2H3,(H,29,30)/t14-/m0/s1. The number of anilines is 1. The van der Waals surface area contributed by atoms with Gasteiger partial charge in [0.2, 0.25) is 0 Å². The molecule has 5 rings (SSSR count). The number of amides is 2. The van der Waals surface area contributed by atoms with Crippen LogP contribution in [0.2, 0.25) is 0 Å². The molecule has 0 spiro atoms. The van der Waals surface area contributed by atoms with Crippen molar-refractivity contribution in [1.29, 1.82) is 0 Å². The SMILES string of the molecule is C[C@H]1CCc2c(ccc(-c3cnn(C4CC4)c3)c2OCC(=O)N(C)C2CC2)N1C(=O)O. The first-order valence-electron chi connectivity index (χ1n) is 11.0. The van der Waals surface area contributed by atoms with Crippen LogP contribution in [0.5, 0.6) is 5.75 Å². The fourth-order valence-electron chi connectivity index (χ4n) is 4.41. The van der Waals surface area contributed by atoms with Crippen LogP contribution >= 0.6 is 0 Å². The maximum Gasteiger partial charge on any atom is 0.412 e. The highest BCUT2D eigenvalue weighted by atomic mass is 16.5. The molecule has 31 heavy (non-hydrogen) atoms. The van der Waals surface area contributed by atoms with Crippen LogP contribution in [0, 0.1) is 0 Å². The van der Waals surface area contributed by atoms with Gasteiger partial charge < -0.3 is 14.7 Å². The second kappa shape index (κ2) is 7.59. The number of carbonyl (C=O) groups is 2. The summed E-state index contributed by atoms with van der Waals surface area (Å²) in [6.45, 7) is 1.86. The summed E-state index contributed by atoms with van der Waals surface area (Å²) < 4.78 is 8.13.